The van der Waals surface area contributed by atoms with E-state index in [1.807, 2.05) is 36.4 Å². The molecule has 0 fully saturated rings. The Morgan fingerprint density at radius 3 is 2.30 bits per heavy atom. The summed E-state index contributed by atoms with van der Waals surface area (Å²) in [7, 11) is -1.84. The van der Waals surface area contributed by atoms with Gasteiger partial charge in [0.15, 0.2) is 0 Å². The van der Waals surface area contributed by atoms with Gasteiger partial charge in [-0.15, -0.1) is 11.6 Å². The number of nitrogens with one attached hydrogen (secondary N) is 1. The number of alkyl halides is 1. The molecule has 0 radical (unpaired) electrons. The van der Waals surface area contributed by atoms with Crippen LogP contribution in [0.15, 0.2) is 42.5 Å². The number of aryl methyl sites for hydroxylation is 1. The van der Waals surface area contributed by atoms with Gasteiger partial charge in [-0.05, 0) is 79.0 Å². The quantitative estimate of drug-likeness (QED) is 0.408. The summed E-state index contributed by atoms with van der Waals surface area (Å²) in [5.41, 5.74) is 3.66. The fraction of sp³-hybridized carbons (Fsp3) is 0.409. The van der Waals surface area contributed by atoms with E-state index in [0.717, 1.165) is 35.5 Å². The molecule has 0 aromatic heterocycles. The van der Waals surface area contributed by atoms with E-state index in [1.165, 1.54) is 0 Å². The fourth-order valence-electron chi connectivity index (χ4n) is 2.46. The molecule has 0 aliphatic rings. The van der Waals surface area contributed by atoms with E-state index < -0.39 is 8.32 Å². The van der Waals surface area contributed by atoms with Crippen LogP contribution in [0, 0.1) is 11.3 Å². The molecule has 3 nitrogen and oxygen atoms in total. The molecule has 0 saturated heterocycles. The molecule has 27 heavy (non-hydrogen) atoms. The third-order valence-corrected chi connectivity index (χ3v) is 9.67. The van der Waals surface area contributed by atoms with Crippen molar-refractivity contribution in [2.75, 3.05) is 11.2 Å². The van der Waals surface area contributed by atoms with Crippen molar-refractivity contribution in [2.45, 2.75) is 51.7 Å². The third kappa shape index (κ3) is 6.02. The molecular weight excluding hydrogens is 372 g/mol. The van der Waals surface area contributed by atoms with Crippen LogP contribution in [-0.4, -0.2) is 14.2 Å². The van der Waals surface area contributed by atoms with E-state index in [2.05, 4.69) is 51.3 Å². The predicted octanol–water partition coefficient (Wildman–Crippen LogP) is 6.86. The van der Waals surface area contributed by atoms with Crippen molar-refractivity contribution in [1.29, 1.82) is 5.26 Å². The van der Waals surface area contributed by atoms with E-state index in [1.54, 1.807) is 0 Å². The van der Waals surface area contributed by atoms with Gasteiger partial charge in [0.25, 0.3) is 0 Å². The minimum atomic E-state index is -1.84. The number of nitriles is 1. The highest BCUT2D eigenvalue weighted by molar-refractivity contribution is 6.74. The Morgan fingerprint density at radius 1 is 1.07 bits per heavy atom. The molecule has 0 atom stereocenters. The predicted molar refractivity (Wildman–Crippen MR) is 118 cm³/mol. The van der Waals surface area contributed by atoms with Crippen LogP contribution in [0.5, 0.6) is 5.75 Å². The second-order valence-electron chi connectivity index (χ2n) is 8.33. The van der Waals surface area contributed by atoms with Crippen LogP contribution in [0.1, 0.15) is 38.3 Å². The van der Waals surface area contributed by atoms with Gasteiger partial charge < -0.3 is 9.74 Å². The van der Waals surface area contributed by atoms with Gasteiger partial charge in [-0.25, -0.2) is 0 Å². The Balaban J connectivity index is 2.13. The molecule has 2 aromatic rings. The smallest absolute Gasteiger partial charge is 0.250 e. The largest absolute Gasteiger partial charge is 0.544 e. The lowest BCUT2D eigenvalue weighted by Crippen LogP contribution is -2.43. The molecule has 0 bridgehead atoms. The van der Waals surface area contributed by atoms with Crippen LogP contribution in [0.25, 0.3) is 0 Å². The molecule has 0 saturated carbocycles. The first-order valence-electron chi connectivity index (χ1n) is 9.31. The lowest BCUT2D eigenvalue weighted by molar-refractivity contribution is 0.492. The first kappa shape index (κ1) is 21.3. The highest BCUT2D eigenvalue weighted by Crippen LogP contribution is 2.37. The number of anilines is 2. The summed E-state index contributed by atoms with van der Waals surface area (Å²) >= 11 is 5.79. The Hall–Kier alpha value is -1.96. The molecule has 0 unspecified atom stereocenters. The zero-order valence-corrected chi connectivity index (χ0v) is 18.7. The summed E-state index contributed by atoms with van der Waals surface area (Å²) < 4.78 is 6.33. The lowest BCUT2D eigenvalue weighted by Gasteiger charge is -2.36. The molecule has 0 heterocycles. The molecule has 1 N–H and O–H groups in total. The van der Waals surface area contributed by atoms with Crippen LogP contribution in [0.3, 0.4) is 0 Å². The molecule has 2 rings (SSSR count). The first-order chi connectivity index (χ1) is 12.6. The second kappa shape index (κ2) is 8.82. The highest BCUT2D eigenvalue weighted by atomic mass is 35.5. The Bertz CT molecular complexity index is 805. The van der Waals surface area contributed by atoms with Gasteiger partial charge in [0, 0.05) is 17.3 Å². The fourth-order valence-corrected chi connectivity index (χ4v) is 3.63. The molecule has 0 aliphatic carbocycles. The Labute approximate surface area is 169 Å². The third-order valence-electron chi connectivity index (χ3n) is 5.04. The van der Waals surface area contributed by atoms with Crippen molar-refractivity contribution < 1.29 is 4.43 Å². The number of hydrogen-bond acceptors (Lipinski definition) is 3. The number of rotatable bonds is 7. The number of halogens is 1. The van der Waals surface area contributed by atoms with Crippen molar-refractivity contribution >= 4 is 31.3 Å². The van der Waals surface area contributed by atoms with Crippen molar-refractivity contribution in [3.8, 4) is 11.8 Å². The van der Waals surface area contributed by atoms with Crippen molar-refractivity contribution in [3.63, 3.8) is 0 Å². The van der Waals surface area contributed by atoms with Gasteiger partial charge in [-0.2, -0.15) is 5.26 Å². The summed E-state index contributed by atoms with van der Waals surface area (Å²) in [6, 6.07) is 16.1. The summed E-state index contributed by atoms with van der Waals surface area (Å²) in [4.78, 5) is 0. The molecule has 0 aliphatic heterocycles. The van der Waals surface area contributed by atoms with Crippen LogP contribution < -0.4 is 9.74 Å². The van der Waals surface area contributed by atoms with E-state index >= 15 is 0 Å². The van der Waals surface area contributed by atoms with Crippen molar-refractivity contribution in [2.24, 2.45) is 0 Å². The number of nitrogens with zero attached hydrogens (tertiary/aromatic N) is 1. The van der Waals surface area contributed by atoms with Gasteiger partial charge >= 0.3 is 0 Å². The normalized spacial score (nSPS) is 11.7. The summed E-state index contributed by atoms with van der Waals surface area (Å²) in [5, 5.41) is 12.8. The standard InChI is InChI=1S/C22H29ClN2OSi/c1-22(2,3)27(4,5)26-21-10-8-19(9-11-21)25-20-14-17(7-6-12-23)13-18(15-20)16-24/h8-11,13-15,25H,6-7,12H2,1-5H3. The van der Waals surface area contributed by atoms with E-state index in [0.29, 0.717) is 11.4 Å². The minimum Gasteiger partial charge on any atom is -0.544 e. The zero-order chi connectivity index (χ0) is 20.1. The van der Waals surface area contributed by atoms with Gasteiger partial charge in [0.1, 0.15) is 5.75 Å². The van der Waals surface area contributed by atoms with Crippen molar-refractivity contribution in [1.82, 2.24) is 0 Å². The van der Waals surface area contributed by atoms with Gasteiger partial charge in [0.2, 0.25) is 8.32 Å². The summed E-state index contributed by atoms with van der Waals surface area (Å²) in [5.74, 6) is 1.52. The minimum absolute atomic E-state index is 0.168. The topological polar surface area (TPSA) is 45.0 Å². The van der Waals surface area contributed by atoms with Gasteiger partial charge in [-0.3, -0.25) is 0 Å². The lowest BCUT2D eigenvalue weighted by atomic mass is 10.1. The average molecular weight is 401 g/mol. The molecular formula is C22H29ClN2OSi. The Kier molecular flexibility index (Phi) is 6.97. The van der Waals surface area contributed by atoms with Crippen LogP contribution in [-0.2, 0) is 6.42 Å². The maximum atomic E-state index is 9.27. The summed E-state index contributed by atoms with van der Waals surface area (Å²) in [6.07, 6.45) is 1.77. The van der Waals surface area contributed by atoms with Crippen LogP contribution in [0.4, 0.5) is 11.4 Å². The van der Waals surface area contributed by atoms with E-state index in [9.17, 15) is 5.26 Å². The van der Waals surface area contributed by atoms with E-state index in [4.69, 9.17) is 16.0 Å². The Morgan fingerprint density at radius 2 is 1.74 bits per heavy atom. The second-order valence-corrected chi connectivity index (χ2v) is 13.4. The van der Waals surface area contributed by atoms with Gasteiger partial charge in [0.05, 0.1) is 11.6 Å². The van der Waals surface area contributed by atoms with Gasteiger partial charge in [-0.1, -0.05) is 20.8 Å². The molecule has 0 amide bonds. The maximum Gasteiger partial charge on any atom is 0.250 e. The monoisotopic (exact) mass is 400 g/mol. The molecule has 144 valence electrons. The maximum absolute atomic E-state index is 9.27. The SMILES string of the molecule is CC(C)(C)[Si](C)(C)Oc1ccc(Nc2cc(C#N)cc(CCCCl)c2)cc1. The number of benzene rings is 2. The molecule has 2 aromatic carbocycles. The molecule has 0 spiro atoms. The number of hydrogen-bond donors (Lipinski definition) is 1. The van der Waals surface area contributed by atoms with Crippen LogP contribution in [0.2, 0.25) is 18.1 Å². The molecule has 5 heteroatoms. The zero-order valence-electron chi connectivity index (χ0n) is 16.9. The average Bonchev–Trinajstić information content (AvgIpc) is 2.60. The summed E-state index contributed by atoms with van der Waals surface area (Å²) in [6.45, 7) is 11.2. The first-order valence-corrected chi connectivity index (χ1v) is 12.7. The van der Waals surface area contributed by atoms with E-state index in [-0.39, 0.29) is 5.04 Å². The highest BCUT2D eigenvalue weighted by Gasteiger charge is 2.38. The van der Waals surface area contributed by atoms with Crippen LogP contribution >= 0.6 is 11.6 Å². The van der Waals surface area contributed by atoms with Crippen molar-refractivity contribution in [3.05, 3.63) is 53.6 Å².